The predicted molar refractivity (Wildman–Crippen MR) is 79.5 cm³/mol. The quantitative estimate of drug-likeness (QED) is 0.644. The number of carbonyl (C=O) groups excluding carboxylic acids is 1. The number of carbonyl (C=O) groups is 1. The van der Waals surface area contributed by atoms with Crippen LogP contribution in [0, 0.1) is 5.92 Å². The van der Waals surface area contributed by atoms with E-state index in [9.17, 15) is 4.79 Å². The van der Waals surface area contributed by atoms with Gasteiger partial charge in [0.2, 0.25) is 5.91 Å². The molecule has 1 amide bonds. The molecular formula is C16H22N2O. The lowest BCUT2D eigenvalue weighted by molar-refractivity contribution is -0.116. The monoisotopic (exact) mass is 258 g/mol. The Hall–Kier alpha value is -1.77. The second-order valence-electron chi connectivity index (χ2n) is 5.25. The molecule has 3 nitrogen and oxygen atoms in total. The first-order valence-corrected chi connectivity index (χ1v) is 7.05. The van der Waals surface area contributed by atoms with Crippen LogP contribution in [-0.2, 0) is 4.79 Å². The Labute approximate surface area is 114 Å². The zero-order valence-corrected chi connectivity index (χ0v) is 11.3. The molecule has 0 unspecified atom stereocenters. The SMILES string of the molecule is Nc1ccc(/C=C/C(=O)NCC2CCCCC2)cc1. The summed E-state index contributed by atoms with van der Waals surface area (Å²) in [4.78, 5) is 11.7. The highest BCUT2D eigenvalue weighted by molar-refractivity contribution is 5.91. The average molecular weight is 258 g/mol. The number of nitrogen functional groups attached to an aromatic ring is 1. The molecule has 2 rings (SSSR count). The van der Waals surface area contributed by atoms with E-state index < -0.39 is 0 Å². The van der Waals surface area contributed by atoms with Gasteiger partial charge in [-0.15, -0.1) is 0 Å². The van der Waals surface area contributed by atoms with Gasteiger partial charge in [-0.05, 0) is 42.5 Å². The summed E-state index contributed by atoms with van der Waals surface area (Å²) in [6.07, 6.45) is 9.87. The molecule has 0 radical (unpaired) electrons. The topological polar surface area (TPSA) is 55.1 Å². The van der Waals surface area contributed by atoms with Crippen LogP contribution >= 0.6 is 0 Å². The van der Waals surface area contributed by atoms with Gasteiger partial charge in [0.05, 0.1) is 0 Å². The first kappa shape index (κ1) is 13.7. The standard InChI is InChI=1S/C16H22N2O/c17-15-9-6-13(7-10-15)8-11-16(19)18-12-14-4-2-1-3-5-14/h6-11,14H,1-5,12,17H2,(H,18,19)/b11-8+. The van der Waals surface area contributed by atoms with E-state index in [1.807, 2.05) is 30.3 Å². The summed E-state index contributed by atoms with van der Waals surface area (Å²) < 4.78 is 0. The maximum Gasteiger partial charge on any atom is 0.244 e. The summed E-state index contributed by atoms with van der Waals surface area (Å²) in [5, 5.41) is 2.98. The zero-order valence-electron chi connectivity index (χ0n) is 11.3. The molecule has 1 aliphatic rings. The molecule has 1 aromatic rings. The molecule has 0 saturated heterocycles. The largest absolute Gasteiger partial charge is 0.399 e. The van der Waals surface area contributed by atoms with Gasteiger partial charge in [-0.1, -0.05) is 31.4 Å². The molecule has 19 heavy (non-hydrogen) atoms. The third-order valence-corrected chi connectivity index (χ3v) is 3.65. The molecule has 0 bridgehead atoms. The minimum atomic E-state index is -0.0117. The third-order valence-electron chi connectivity index (χ3n) is 3.65. The summed E-state index contributed by atoms with van der Waals surface area (Å²) >= 11 is 0. The van der Waals surface area contributed by atoms with Crippen LogP contribution in [0.4, 0.5) is 5.69 Å². The number of amides is 1. The second-order valence-corrected chi connectivity index (χ2v) is 5.25. The fourth-order valence-corrected chi connectivity index (χ4v) is 2.47. The van der Waals surface area contributed by atoms with Crippen LogP contribution in [0.25, 0.3) is 6.08 Å². The van der Waals surface area contributed by atoms with Gasteiger partial charge in [-0.3, -0.25) is 4.79 Å². The molecule has 0 atom stereocenters. The normalized spacial score (nSPS) is 16.6. The molecule has 1 saturated carbocycles. The first-order valence-electron chi connectivity index (χ1n) is 7.05. The summed E-state index contributed by atoms with van der Waals surface area (Å²) in [6, 6.07) is 7.47. The minimum Gasteiger partial charge on any atom is -0.399 e. The predicted octanol–water partition coefficient (Wildman–Crippen LogP) is 2.98. The first-order chi connectivity index (χ1) is 9.24. The number of hydrogen-bond acceptors (Lipinski definition) is 2. The Morgan fingerprint density at radius 1 is 1.21 bits per heavy atom. The average Bonchev–Trinajstić information content (AvgIpc) is 2.45. The lowest BCUT2D eigenvalue weighted by Gasteiger charge is -2.21. The van der Waals surface area contributed by atoms with Crippen molar-refractivity contribution in [1.82, 2.24) is 5.32 Å². The van der Waals surface area contributed by atoms with Crippen molar-refractivity contribution in [1.29, 1.82) is 0 Å². The van der Waals surface area contributed by atoms with Crippen molar-refractivity contribution >= 4 is 17.7 Å². The van der Waals surface area contributed by atoms with E-state index in [1.165, 1.54) is 32.1 Å². The zero-order chi connectivity index (χ0) is 13.5. The highest BCUT2D eigenvalue weighted by atomic mass is 16.1. The van der Waals surface area contributed by atoms with Gasteiger partial charge in [0.25, 0.3) is 0 Å². The van der Waals surface area contributed by atoms with Crippen molar-refractivity contribution in [2.24, 2.45) is 5.92 Å². The van der Waals surface area contributed by atoms with Gasteiger partial charge < -0.3 is 11.1 Å². The molecule has 3 heteroatoms. The Kier molecular flexibility index (Phi) is 5.01. The van der Waals surface area contributed by atoms with Crippen molar-refractivity contribution in [2.75, 3.05) is 12.3 Å². The van der Waals surface area contributed by atoms with Crippen molar-refractivity contribution in [3.8, 4) is 0 Å². The lowest BCUT2D eigenvalue weighted by atomic mass is 9.89. The summed E-state index contributed by atoms with van der Waals surface area (Å²) in [5.74, 6) is 0.657. The van der Waals surface area contributed by atoms with E-state index in [2.05, 4.69) is 5.32 Å². The maximum atomic E-state index is 11.7. The molecular weight excluding hydrogens is 236 g/mol. The van der Waals surface area contributed by atoms with Crippen LogP contribution in [0.3, 0.4) is 0 Å². The smallest absolute Gasteiger partial charge is 0.244 e. The Bertz CT molecular complexity index is 431. The van der Waals surface area contributed by atoms with Crippen LogP contribution in [0.5, 0.6) is 0 Å². The van der Waals surface area contributed by atoms with Crippen LogP contribution in [0.15, 0.2) is 30.3 Å². The van der Waals surface area contributed by atoms with E-state index in [4.69, 9.17) is 5.73 Å². The Balaban J connectivity index is 1.75. The molecule has 1 aromatic carbocycles. The number of benzene rings is 1. The van der Waals surface area contributed by atoms with Crippen molar-refractivity contribution in [3.05, 3.63) is 35.9 Å². The van der Waals surface area contributed by atoms with E-state index in [0.717, 1.165) is 17.8 Å². The van der Waals surface area contributed by atoms with Crippen molar-refractivity contribution in [2.45, 2.75) is 32.1 Å². The van der Waals surface area contributed by atoms with Crippen LogP contribution in [-0.4, -0.2) is 12.5 Å². The molecule has 0 spiro atoms. The van der Waals surface area contributed by atoms with E-state index in [0.29, 0.717) is 5.92 Å². The van der Waals surface area contributed by atoms with Gasteiger partial charge in [-0.2, -0.15) is 0 Å². The minimum absolute atomic E-state index is 0.0117. The maximum absolute atomic E-state index is 11.7. The van der Waals surface area contributed by atoms with E-state index >= 15 is 0 Å². The number of rotatable bonds is 4. The number of nitrogens with one attached hydrogen (secondary N) is 1. The van der Waals surface area contributed by atoms with Gasteiger partial charge in [0, 0.05) is 18.3 Å². The second kappa shape index (κ2) is 6.98. The third kappa shape index (κ3) is 4.78. The lowest BCUT2D eigenvalue weighted by Crippen LogP contribution is -2.28. The molecule has 0 aromatic heterocycles. The molecule has 1 aliphatic carbocycles. The highest BCUT2D eigenvalue weighted by Gasteiger charge is 2.13. The number of anilines is 1. The van der Waals surface area contributed by atoms with Crippen LogP contribution < -0.4 is 11.1 Å². The fraction of sp³-hybridized carbons (Fsp3) is 0.438. The number of hydrogen-bond donors (Lipinski definition) is 2. The van der Waals surface area contributed by atoms with Crippen molar-refractivity contribution < 1.29 is 4.79 Å². The van der Waals surface area contributed by atoms with Gasteiger partial charge in [-0.25, -0.2) is 0 Å². The van der Waals surface area contributed by atoms with Crippen LogP contribution in [0.1, 0.15) is 37.7 Å². The Morgan fingerprint density at radius 2 is 1.89 bits per heavy atom. The van der Waals surface area contributed by atoms with Crippen molar-refractivity contribution in [3.63, 3.8) is 0 Å². The summed E-state index contributed by atoms with van der Waals surface area (Å²) in [7, 11) is 0. The van der Waals surface area contributed by atoms with Gasteiger partial charge >= 0.3 is 0 Å². The molecule has 0 heterocycles. The number of nitrogens with two attached hydrogens (primary N) is 1. The summed E-state index contributed by atoms with van der Waals surface area (Å²) in [5.41, 5.74) is 7.33. The molecule has 1 fully saturated rings. The molecule has 3 N–H and O–H groups in total. The van der Waals surface area contributed by atoms with Gasteiger partial charge in [0.1, 0.15) is 0 Å². The summed E-state index contributed by atoms with van der Waals surface area (Å²) in [6.45, 7) is 0.810. The van der Waals surface area contributed by atoms with Crippen LogP contribution in [0.2, 0.25) is 0 Å². The molecule has 0 aliphatic heterocycles. The van der Waals surface area contributed by atoms with E-state index in [1.54, 1.807) is 6.08 Å². The highest BCUT2D eigenvalue weighted by Crippen LogP contribution is 2.22. The fourth-order valence-electron chi connectivity index (χ4n) is 2.47. The van der Waals surface area contributed by atoms with Gasteiger partial charge in [0.15, 0.2) is 0 Å². The Morgan fingerprint density at radius 3 is 2.58 bits per heavy atom. The van der Waals surface area contributed by atoms with E-state index in [-0.39, 0.29) is 5.91 Å². The molecule has 102 valence electrons.